The number of thioether (sulfide) groups is 1. The van der Waals surface area contributed by atoms with Crippen molar-refractivity contribution in [1.82, 2.24) is 15.3 Å². The number of rotatable bonds is 9. The quantitative estimate of drug-likeness (QED) is 0.415. The van der Waals surface area contributed by atoms with E-state index in [1.807, 2.05) is 43.3 Å². The van der Waals surface area contributed by atoms with Gasteiger partial charge in [-0.25, -0.2) is 4.98 Å². The number of hydrogen-bond acceptors (Lipinski definition) is 6. The van der Waals surface area contributed by atoms with Gasteiger partial charge in [-0.3, -0.25) is 9.78 Å². The Kier molecular flexibility index (Phi) is 7.45. The van der Waals surface area contributed by atoms with Crippen molar-refractivity contribution in [2.75, 3.05) is 13.7 Å². The number of ether oxygens (including phenoxy) is 1. The molecule has 0 fully saturated rings. The molecule has 3 aromatic rings. The lowest BCUT2D eigenvalue weighted by Crippen LogP contribution is -2.31. The van der Waals surface area contributed by atoms with Gasteiger partial charge in [-0.05, 0) is 49.7 Å². The maximum atomic E-state index is 12.3. The van der Waals surface area contributed by atoms with Crippen LogP contribution in [0.25, 0.3) is 11.3 Å². The van der Waals surface area contributed by atoms with Crippen LogP contribution in [0.4, 0.5) is 0 Å². The number of hydrogen-bond donors (Lipinski definition) is 1. The molecule has 0 aliphatic heterocycles. The molecule has 28 heavy (non-hydrogen) atoms. The van der Waals surface area contributed by atoms with Crippen LogP contribution in [0.2, 0.25) is 0 Å². The highest BCUT2D eigenvalue weighted by Crippen LogP contribution is 2.25. The van der Waals surface area contributed by atoms with Crippen LogP contribution in [0.3, 0.4) is 0 Å². The Labute approximate surface area is 173 Å². The van der Waals surface area contributed by atoms with Crippen LogP contribution in [-0.2, 0) is 11.2 Å². The molecule has 0 aliphatic carbocycles. The van der Waals surface area contributed by atoms with Gasteiger partial charge in [-0.1, -0.05) is 0 Å². The van der Waals surface area contributed by atoms with Gasteiger partial charge in [0.15, 0.2) is 0 Å². The topological polar surface area (TPSA) is 64.1 Å². The minimum absolute atomic E-state index is 0.0532. The second kappa shape index (κ2) is 10.2. The lowest BCUT2D eigenvalue weighted by atomic mass is 10.2. The van der Waals surface area contributed by atoms with Crippen LogP contribution in [0.1, 0.15) is 18.4 Å². The Balaban J connectivity index is 1.39. The Morgan fingerprint density at radius 3 is 2.68 bits per heavy atom. The van der Waals surface area contributed by atoms with E-state index in [1.165, 1.54) is 0 Å². The van der Waals surface area contributed by atoms with Crippen molar-refractivity contribution in [3.63, 3.8) is 0 Å². The molecule has 0 spiro atoms. The first kappa shape index (κ1) is 20.4. The van der Waals surface area contributed by atoms with Crippen molar-refractivity contribution in [2.45, 2.75) is 29.9 Å². The standard InChI is InChI=1S/C21H23N3O2S2/c1-15(28-18-7-5-17(26-2)6-8-18)21(25)23-11-3-4-20-24-19(14-27-20)16-9-12-22-13-10-16/h5-10,12-15H,3-4,11H2,1-2H3,(H,23,25). The van der Waals surface area contributed by atoms with Gasteiger partial charge in [0, 0.05) is 41.2 Å². The molecule has 0 saturated heterocycles. The molecule has 7 heteroatoms. The first-order chi connectivity index (χ1) is 13.7. The number of carbonyl (C=O) groups excluding carboxylic acids is 1. The zero-order valence-corrected chi connectivity index (χ0v) is 17.6. The Morgan fingerprint density at radius 2 is 1.96 bits per heavy atom. The number of nitrogens with one attached hydrogen (secondary N) is 1. The molecular formula is C21H23N3O2S2. The van der Waals surface area contributed by atoms with Crippen molar-refractivity contribution >= 4 is 29.0 Å². The third-order valence-electron chi connectivity index (χ3n) is 4.14. The summed E-state index contributed by atoms with van der Waals surface area (Å²) in [4.78, 5) is 22.0. The van der Waals surface area contributed by atoms with E-state index < -0.39 is 0 Å². The zero-order valence-electron chi connectivity index (χ0n) is 15.9. The molecule has 0 aliphatic rings. The first-order valence-corrected chi connectivity index (χ1v) is 10.8. The average Bonchev–Trinajstić information content (AvgIpc) is 3.21. The summed E-state index contributed by atoms with van der Waals surface area (Å²) < 4.78 is 5.15. The number of methoxy groups -OCH3 is 1. The summed E-state index contributed by atoms with van der Waals surface area (Å²) in [5.41, 5.74) is 2.06. The van der Waals surface area contributed by atoms with E-state index in [2.05, 4.69) is 20.7 Å². The first-order valence-electron chi connectivity index (χ1n) is 9.09. The fourth-order valence-corrected chi connectivity index (χ4v) is 4.33. The highest BCUT2D eigenvalue weighted by molar-refractivity contribution is 8.00. The van der Waals surface area contributed by atoms with Gasteiger partial charge in [-0.2, -0.15) is 0 Å². The van der Waals surface area contributed by atoms with Gasteiger partial charge in [0.25, 0.3) is 0 Å². The Bertz CT molecular complexity index is 882. The van der Waals surface area contributed by atoms with E-state index in [1.54, 1.807) is 42.6 Å². The molecule has 1 amide bonds. The number of aromatic nitrogens is 2. The van der Waals surface area contributed by atoms with Gasteiger partial charge in [-0.15, -0.1) is 23.1 Å². The van der Waals surface area contributed by atoms with Crippen LogP contribution in [0.15, 0.2) is 59.1 Å². The zero-order chi connectivity index (χ0) is 19.8. The molecule has 2 aromatic heterocycles. The second-order valence-corrected chi connectivity index (χ2v) is 8.55. The van der Waals surface area contributed by atoms with Crippen molar-refractivity contribution in [3.8, 4) is 17.0 Å². The van der Waals surface area contributed by atoms with Gasteiger partial charge in [0.1, 0.15) is 5.75 Å². The maximum Gasteiger partial charge on any atom is 0.233 e. The summed E-state index contributed by atoms with van der Waals surface area (Å²) >= 11 is 3.20. The summed E-state index contributed by atoms with van der Waals surface area (Å²) in [7, 11) is 1.64. The van der Waals surface area contributed by atoms with Gasteiger partial charge < -0.3 is 10.1 Å². The molecule has 1 aromatic carbocycles. The van der Waals surface area contributed by atoms with Gasteiger partial charge >= 0.3 is 0 Å². The minimum Gasteiger partial charge on any atom is -0.497 e. The van der Waals surface area contributed by atoms with Crippen LogP contribution in [0, 0.1) is 0 Å². The molecule has 1 unspecified atom stereocenters. The number of nitrogens with zero attached hydrogens (tertiary/aromatic N) is 2. The molecule has 5 nitrogen and oxygen atoms in total. The van der Waals surface area contributed by atoms with Gasteiger partial charge in [0.2, 0.25) is 5.91 Å². The van der Waals surface area contributed by atoms with Crippen LogP contribution in [0.5, 0.6) is 5.75 Å². The summed E-state index contributed by atoms with van der Waals surface area (Å²) in [5, 5.41) is 6.02. The number of carbonyl (C=O) groups is 1. The summed E-state index contributed by atoms with van der Waals surface area (Å²) in [6.45, 7) is 2.57. The van der Waals surface area contributed by atoms with E-state index in [4.69, 9.17) is 4.74 Å². The normalized spacial score (nSPS) is 11.8. The fraction of sp³-hybridized carbons (Fsp3) is 0.286. The maximum absolute atomic E-state index is 12.3. The molecule has 1 atom stereocenters. The van der Waals surface area contributed by atoms with E-state index in [0.717, 1.165) is 39.8 Å². The smallest absolute Gasteiger partial charge is 0.233 e. The third kappa shape index (κ3) is 5.81. The molecule has 146 valence electrons. The summed E-state index contributed by atoms with van der Waals surface area (Å²) in [6, 6.07) is 11.7. The number of benzene rings is 1. The lowest BCUT2D eigenvalue weighted by Gasteiger charge is -2.12. The number of amides is 1. The molecule has 0 saturated carbocycles. The monoisotopic (exact) mass is 413 g/mol. The minimum atomic E-state index is -0.147. The predicted octanol–water partition coefficient (Wildman–Crippen LogP) is 4.44. The van der Waals surface area contributed by atoms with Crippen molar-refractivity contribution in [3.05, 3.63) is 59.2 Å². The largest absolute Gasteiger partial charge is 0.497 e. The second-order valence-electron chi connectivity index (χ2n) is 6.19. The fourth-order valence-electron chi connectivity index (χ4n) is 2.59. The highest BCUT2D eigenvalue weighted by Gasteiger charge is 2.14. The van der Waals surface area contributed by atoms with Crippen LogP contribution in [-0.4, -0.2) is 34.8 Å². The molecule has 2 heterocycles. The van der Waals surface area contributed by atoms with Crippen molar-refractivity contribution in [2.24, 2.45) is 0 Å². The van der Waals surface area contributed by atoms with E-state index >= 15 is 0 Å². The van der Waals surface area contributed by atoms with E-state index in [9.17, 15) is 4.79 Å². The number of pyridine rings is 1. The van der Waals surface area contributed by atoms with E-state index in [-0.39, 0.29) is 11.2 Å². The molecule has 1 N–H and O–H groups in total. The van der Waals surface area contributed by atoms with Crippen molar-refractivity contribution < 1.29 is 9.53 Å². The molecule has 3 rings (SSSR count). The highest BCUT2D eigenvalue weighted by atomic mass is 32.2. The SMILES string of the molecule is COc1ccc(SC(C)C(=O)NCCCc2nc(-c3ccncc3)cs2)cc1. The number of aryl methyl sites for hydroxylation is 1. The Morgan fingerprint density at radius 1 is 1.21 bits per heavy atom. The third-order valence-corrected chi connectivity index (χ3v) is 6.16. The van der Waals surface area contributed by atoms with E-state index in [0.29, 0.717) is 6.54 Å². The summed E-state index contributed by atoms with van der Waals surface area (Å²) in [6.07, 6.45) is 5.27. The lowest BCUT2D eigenvalue weighted by molar-refractivity contribution is -0.120. The van der Waals surface area contributed by atoms with Crippen LogP contribution >= 0.6 is 23.1 Å². The molecular weight excluding hydrogens is 390 g/mol. The van der Waals surface area contributed by atoms with Gasteiger partial charge in [0.05, 0.1) is 23.1 Å². The molecule has 0 radical (unpaired) electrons. The average molecular weight is 414 g/mol. The predicted molar refractivity (Wildman–Crippen MR) is 115 cm³/mol. The van der Waals surface area contributed by atoms with Crippen LogP contribution < -0.4 is 10.1 Å². The Hall–Kier alpha value is -2.38. The summed E-state index contributed by atoms with van der Waals surface area (Å²) in [5.74, 6) is 0.869. The molecule has 0 bridgehead atoms. The number of thiazole rings is 1. The van der Waals surface area contributed by atoms with Crippen molar-refractivity contribution in [1.29, 1.82) is 0 Å².